The first-order valence-corrected chi connectivity index (χ1v) is 13.4. The fourth-order valence-corrected chi connectivity index (χ4v) is 4.41. The number of rotatable bonds is 15. The fraction of sp³-hybridized carbons (Fsp3) is 0.438. The predicted octanol–water partition coefficient (Wildman–Crippen LogP) is 10.2. The van der Waals surface area contributed by atoms with Crippen LogP contribution in [0.25, 0.3) is 22.3 Å². The highest BCUT2D eigenvalue weighted by molar-refractivity contribution is 5.72. The number of ether oxygens (including phenoxy) is 1. The molecule has 0 saturated carbocycles. The molecule has 3 heteroatoms. The van der Waals surface area contributed by atoms with E-state index in [4.69, 9.17) is 4.74 Å². The molecule has 3 aromatic rings. The molecule has 0 aliphatic heterocycles. The van der Waals surface area contributed by atoms with Crippen LogP contribution < -0.4 is 4.74 Å². The van der Waals surface area contributed by atoms with Gasteiger partial charge in [0.2, 0.25) is 0 Å². The van der Waals surface area contributed by atoms with Gasteiger partial charge in [-0.1, -0.05) is 114 Å². The quantitative estimate of drug-likeness (QED) is 0.197. The summed E-state index contributed by atoms with van der Waals surface area (Å²) in [5, 5.41) is 0. The second kappa shape index (κ2) is 14.7. The van der Waals surface area contributed by atoms with Crippen LogP contribution in [-0.4, -0.2) is 6.61 Å². The van der Waals surface area contributed by atoms with Gasteiger partial charge in [-0.3, -0.25) is 0 Å². The Morgan fingerprint density at radius 1 is 0.543 bits per heavy atom. The maximum absolute atomic E-state index is 15.0. The lowest BCUT2D eigenvalue weighted by molar-refractivity contribution is 0.304. The van der Waals surface area contributed by atoms with Crippen LogP contribution in [0, 0.1) is 11.6 Å². The van der Waals surface area contributed by atoms with Crippen molar-refractivity contribution in [3.05, 3.63) is 77.9 Å². The minimum atomic E-state index is -0.813. The van der Waals surface area contributed by atoms with Crippen molar-refractivity contribution in [2.75, 3.05) is 6.61 Å². The van der Waals surface area contributed by atoms with Gasteiger partial charge in [0.1, 0.15) is 5.75 Å². The highest BCUT2D eigenvalue weighted by atomic mass is 19.2. The topological polar surface area (TPSA) is 9.23 Å². The molecule has 0 aliphatic rings. The van der Waals surface area contributed by atoms with Gasteiger partial charge in [0, 0.05) is 11.1 Å². The van der Waals surface area contributed by atoms with Crippen LogP contribution in [0.1, 0.15) is 83.6 Å². The Balaban J connectivity index is 1.60. The Kier molecular flexibility index (Phi) is 11.3. The van der Waals surface area contributed by atoms with Gasteiger partial charge in [-0.2, -0.15) is 0 Å². The minimum absolute atomic E-state index is 0.265. The van der Waals surface area contributed by atoms with E-state index in [1.807, 2.05) is 36.4 Å². The smallest absolute Gasteiger partial charge is 0.167 e. The third-order valence-electron chi connectivity index (χ3n) is 6.60. The van der Waals surface area contributed by atoms with E-state index >= 15 is 8.78 Å². The van der Waals surface area contributed by atoms with E-state index in [9.17, 15) is 0 Å². The first kappa shape index (κ1) is 26.9. The van der Waals surface area contributed by atoms with Crippen molar-refractivity contribution in [3.63, 3.8) is 0 Å². The van der Waals surface area contributed by atoms with Crippen LogP contribution in [0.4, 0.5) is 8.78 Å². The van der Waals surface area contributed by atoms with Crippen LogP contribution in [0.15, 0.2) is 60.7 Å². The third-order valence-corrected chi connectivity index (χ3v) is 6.60. The Hall–Kier alpha value is -2.68. The predicted molar refractivity (Wildman–Crippen MR) is 144 cm³/mol. The van der Waals surface area contributed by atoms with Gasteiger partial charge in [0.25, 0.3) is 0 Å². The summed E-state index contributed by atoms with van der Waals surface area (Å²) in [4.78, 5) is 0. The van der Waals surface area contributed by atoms with Gasteiger partial charge >= 0.3 is 0 Å². The molecular formula is C32H40F2O. The molecule has 0 bridgehead atoms. The van der Waals surface area contributed by atoms with E-state index in [1.165, 1.54) is 63.4 Å². The molecule has 0 saturated heterocycles. The molecule has 0 heterocycles. The van der Waals surface area contributed by atoms with Crippen molar-refractivity contribution in [3.8, 4) is 28.0 Å². The summed E-state index contributed by atoms with van der Waals surface area (Å²) in [6.45, 7) is 5.10. The normalized spacial score (nSPS) is 11.1. The molecule has 0 aromatic heterocycles. The molecule has 0 unspecified atom stereocenters. The van der Waals surface area contributed by atoms with Crippen molar-refractivity contribution in [2.45, 2.75) is 84.5 Å². The van der Waals surface area contributed by atoms with Crippen molar-refractivity contribution in [2.24, 2.45) is 0 Å². The van der Waals surface area contributed by atoms with Crippen molar-refractivity contribution < 1.29 is 13.5 Å². The highest BCUT2D eigenvalue weighted by Gasteiger charge is 2.16. The van der Waals surface area contributed by atoms with Crippen LogP contribution in [0.2, 0.25) is 0 Å². The Labute approximate surface area is 210 Å². The summed E-state index contributed by atoms with van der Waals surface area (Å²) >= 11 is 0. The van der Waals surface area contributed by atoms with E-state index < -0.39 is 11.6 Å². The molecule has 188 valence electrons. The number of aryl methyl sites for hydroxylation is 1. The first-order valence-electron chi connectivity index (χ1n) is 13.4. The summed E-state index contributed by atoms with van der Waals surface area (Å²) < 4.78 is 35.8. The number of halogens is 2. The van der Waals surface area contributed by atoms with E-state index in [1.54, 1.807) is 24.3 Å². The standard InChI is InChI=1S/C32H40F2O/c1-3-5-7-9-11-13-25-14-16-26(17-15-25)29-22-23-30(32(34)31(29)33)27-18-20-28(21-19-27)35-24-12-10-8-6-4-2/h14-23H,3-13,24H2,1-2H3. The van der Waals surface area contributed by atoms with E-state index in [0.29, 0.717) is 23.3 Å². The van der Waals surface area contributed by atoms with E-state index in [2.05, 4.69) is 13.8 Å². The summed E-state index contributed by atoms with van der Waals surface area (Å²) in [5.74, 6) is -0.860. The zero-order valence-corrected chi connectivity index (χ0v) is 21.4. The van der Waals surface area contributed by atoms with Crippen molar-refractivity contribution in [1.82, 2.24) is 0 Å². The van der Waals surface area contributed by atoms with Crippen LogP contribution in [0.5, 0.6) is 5.75 Å². The average molecular weight is 479 g/mol. The van der Waals surface area contributed by atoms with Crippen LogP contribution in [0.3, 0.4) is 0 Å². The second-order valence-corrected chi connectivity index (χ2v) is 9.44. The number of benzene rings is 3. The molecular weight excluding hydrogens is 438 g/mol. The summed E-state index contributed by atoms with van der Waals surface area (Å²) in [6, 6.07) is 18.4. The maximum atomic E-state index is 15.0. The van der Waals surface area contributed by atoms with Gasteiger partial charge in [-0.15, -0.1) is 0 Å². The van der Waals surface area contributed by atoms with Crippen LogP contribution >= 0.6 is 0 Å². The van der Waals surface area contributed by atoms with Gasteiger partial charge in [-0.25, -0.2) is 8.78 Å². The Morgan fingerprint density at radius 3 is 1.57 bits per heavy atom. The average Bonchev–Trinajstić information content (AvgIpc) is 2.88. The van der Waals surface area contributed by atoms with Crippen molar-refractivity contribution in [1.29, 1.82) is 0 Å². The zero-order chi connectivity index (χ0) is 24.9. The molecule has 0 atom stereocenters. The monoisotopic (exact) mass is 478 g/mol. The molecule has 3 rings (SSSR count). The fourth-order valence-electron chi connectivity index (χ4n) is 4.41. The first-order chi connectivity index (χ1) is 17.1. The molecule has 0 amide bonds. The number of hydrogen-bond acceptors (Lipinski definition) is 1. The maximum Gasteiger partial charge on any atom is 0.167 e. The SMILES string of the molecule is CCCCCCCOc1ccc(-c2ccc(-c3ccc(CCCCCCC)cc3)c(F)c2F)cc1. The van der Waals surface area contributed by atoms with Crippen LogP contribution in [-0.2, 0) is 6.42 Å². The largest absolute Gasteiger partial charge is 0.494 e. The van der Waals surface area contributed by atoms with E-state index in [0.717, 1.165) is 18.6 Å². The van der Waals surface area contributed by atoms with Gasteiger partial charge in [-0.05, 0) is 48.1 Å². The molecule has 3 aromatic carbocycles. The van der Waals surface area contributed by atoms with Crippen molar-refractivity contribution >= 4 is 0 Å². The number of hydrogen-bond donors (Lipinski definition) is 0. The summed E-state index contributed by atoms with van der Waals surface area (Å²) in [6.07, 6.45) is 13.2. The molecule has 0 aliphatic carbocycles. The third kappa shape index (κ3) is 8.19. The second-order valence-electron chi connectivity index (χ2n) is 9.44. The minimum Gasteiger partial charge on any atom is -0.494 e. The molecule has 1 nitrogen and oxygen atoms in total. The lowest BCUT2D eigenvalue weighted by Crippen LogP contribution is -1.97. The molecule has 0 radical (unpaired) electrons. The van der Waals surface area contributed by atoms with Gasteiger partial charge in [0.05, 0.1) is 6.61 Å². The zero-order valence-electron chi connectivity index (χ0n) is 21.4. The number of unbranched alkanes of at least 4 members (excludes halogenated alkanes) is 8. The van der Waals surface area contributed by atoms with Gasteiger partial charge < -0.3 is 4.74 Å². The van der Waals surface area contributed by atoms with Gasteiger partial charge in [0.15, 0.2) is 11.6 Å². The summed E-state index contributed by atoms with van der Waals surface area (Å²) in [5.41, 5.74) is 3.14. The highest BCUT2D eigenvalue weighted by Crippen LogP contribution is 2.32. The Bertz CT molecular complexity index is 1010. The molecule has 0 fully saturated rings. The summed E-state index contributed by atoms with van der Waals surface area (Å²) in [7, 11) is 0. The molecule has 0 spiro atoms. The lowest BCUT2D eigenvalue weighted by Gasteiger charge is -2.11. The lowest BCUT2D eigenvalue weighted by atomic mass is 9.97. The molecule has 0 N–H and O–H groups in total. The molecule has 35 heavy (non-hydrogen) atoms. The Morgan fingerprint density at radius 2 is 1.03 bits per heavy atom. The van der Waals surface area contributed by atoms with E-state index in [-0.39, 0.29) is 5.56 Å².